The SMILES string of the molecule is CCCN1C(=O)[C@@H]2[C@@H](CC(C(C)C)=C3[C@@H](CC/C(=C/c4ccc(CO)o4)c4ccccc4)OB(O)C[C@@H]32)C1=O. The second-order valence-electron chi connectivity index (χ2n) is 11.3. The fourth-order valence-corrected chi connectivity index (χ4v) is 6.73. The van der Waals surface area contributed by atoms with Crippen LogP contribution in [0.15, 0.2) is 58.0 Å². The number of aliphatic hydroxyl groups excluding tert-OH is 1. The number of furan rings is 1. The van der Waals surface area contributed by atoms with Crippen LogP contribution < -0.4 is 0 Å². The highest BCUT2D eigenvalue weighted by Gasteiger charge is 2.57. The van der Waals surface area contributed by atoms with Gasteiger partial charge in [0.15, 0.2) is 0 Å². The average molecular weight is 531 g/mol. The molecule has 1 aromatic carbocycles. The monoisotopic (exact) mass is 531 g/mol. The van der Waals surface area contributed by atoms with Crippen LogP contribution in [0.5, 0.6) is 0 Å². The molecule has 1 aliphatic carbocycles. The van der Waals surface area contributed by atoms with E-state index in [0.29, 0.717) is 43.6 Å². The fraction of sp³-hybridized carbons (Fsp3) is 0.484. The van der Waals surface area contributed by atoms with Gasteiger partial charge in [0.1, 0.15) is 18.1 Å². The van der Waals surface area contributed by atoms with Gasteiger partial charge in [-0.2, -0.15) is 0 Å². The fourth-order valence-electron chi connectivity index (χ4n) is 6.73. The van der Waals surface area contributed by atoms with Crippen LogP contribution in [0.2, 0.25) is 6.32 Å². The van der Waals surface area contributed by atoms with Crippen LogP contribution in [-0.4, -0.2) is 46.6 Å². The first-order valence-electron chi connectivity index (χ1n) is 14.2. The van der Waals surface area contributed by atoms with Crippen LogP contribution in [0, 0.1) is 23.7 Å². The molecular weight excluding hydrogens is 493 g/mol. The van der Waals surface area contributed by atoms with Gasteiger partial charge in [0, 0.05) is 6.54 Å². The molecule has 1 aromatic heterocycles. The molecule has 2 aromatic rings. The van der Waals surface area contributed by atoms with Gasteiger partial charge in [-0.3, -0.25) is 14.5 Å². The first kappa shape index (κ1) is 27.6. The van der Waals surface area contributed by atoms with Gasteiger partial charge >= 0.3 is 7.12 Å². The van der Waals surface area contributed by atoms with Crippen molar-refractivity contribution in [2.24, 2.45) is 23.7 Å². The summed E-state index contributed by atoms with van der Waals surface area (Å²) in [6.07, 6.45) is 4.55. The zero-order valence-electron chi connectivity index (χ0n) is 23.0. The molecule has 0 radical (unpaired) electrons. The van der Waals surface area contributed by atoms with Gasteiger partial charge in [0.25, 0.3) is 0 Å². The third-order valence-corrected chi connectivity index (χ3v) is 8.45. The number of nitrogens with zero attached hydrogens (tertiary/aromatic N) is 1. The van der Waals surface area contributed by atoms with E-state index < -0.39 is 13.0 Å². The molecule has 2 fully saturated rings. The van der Waals surface area contributed by atoms with Crippen LogP contribution in [-0.2, 0) is 20.9 Å². The average Bonchev–Trinajstić information content (AvgIpc) is 3.48. The van der Waals surface area contributed by atoms with Gasteiger partial charge in [-0.05, 0) is 78.8 Å². The molecule has 206 valence electrons. The van der Waals surface area contributed by atoms with Crippen molar-refractivity contribution in [3.05, 3.63) is 70.7 Å². The van der Waals surface area contributed by atoms with Crippen molar-refractivity contribution in [2.75, 3.05) is 6.54 Å². The Labute approximate surface area is 230 Å². The molecule has 39 heavy (non-hydrogen) atoms. The number of hydrogen-bond acceptors (Lipinski definition) is 6. The summed E-state index contributed by atoms with van der Waals surface area (Å²) in [5.41, 5.74) is 4.42. The van der Waals surface area contributed by atoms with Crippen LogP contribution >= 0.6 is 0 Å². The second-order valence-corrected chi connectivity index (χ2v) is 11.3. The van der Waals surface area contributed by atoms with E-state index >= 15 is 0 Å². The van der Waals surface area contributed by atoms with E-state index in [1.165, 1.54) is 10.5 Å². The quantitative estimate of drug-likeness (QED) is 0.270. The summed E-state index contributed by atoms with van der Waals surface area (Å²) in [7, 11) is -0.986. The van der Waals surface area contributed by atoms with Crippen molar-refractivity contribution in [2.45, 2.75) is 65.5 Å². The van der Waals surface area contributed by atoms with Gasteiger partial charge in [-0.1, -0.05) is 56.7 Å². The molecule has 3 aliphatic rings. The minimum Gasteiger partial charge on any atom is -0.459 e. The second kappa shape index (κ2) is 11.7. The third kappa shape index (κ3) is 5.42. The molecule has 7 nitrogen and oxygen atoms in total. The molecule has 0 unspecified atom stereocenters. The summed E-state index contributed by atoms with van der Waals surface area (Å²) in [4.78, 5) is 28.2. The van der Waals surface area contributed by atoms with E-state index in [1.807, 2.05) is 37.3 Å². The molecule has 8 heteroatoms. The van der Waals surface area contributed by atoms with E-state index in [-0.39, 0.29) is 42.3 Å². The maximum Gasteiger partial charge on any atom is 0.455 e. The Morgan fingerprint density at radius 3 is 2.56 bits per heavy atom. The standard InChI is InChI=1S/C31H38BNO6/c1-4-14-33-30(35)25-16-24(19(2)3)28-26(29(25)31(33)36)17-32(37)39-27(28)13-10-21(20-8-6-5-7-9-20)15-22-11-12-23(18-34)38-22/h5-9,11-12,15,19,25-27,29,34,37H,4,10,13-14,16-18H2,1-3H3/b21-15-/t25-,26+,27-,29-/m1/s1. The highest BCUT2D eigenvalue weighted by atomic mass is 16.5. The smallest absolute Gasteiger partial charge is 0.455 e. The summed E-state index contributed by atoms with van der Waals surface area (Å²) in [5.74, 6) is 0.253. The lowest BCUT2D eigenvalue weighted by Crippen LogP contribution is -2.46. The van der Waals surface area contributed by atoms with Gasteiger partial charge in [-0.25, -0.2) is 0 Å². The molecule has 5 rings (SSSR count). The molecule has 2 aliphatic heterocycles. The molecule has 4 atom stereocenters. The van der Waals surface area contributed by atoms with Gasteiger partial charge in [0.05, 0.1) is 17.9 Å². The number of rotatable bonds is 9. The lowest BCUT2D eigenvalue weighted by atomic mass is 9.57. The summed E-state index contributed by atoms with van der Waals surface area (Å²) in [6, 6.07) is 13.7. The van der Waals surface area contributed by atoms with Gasteiger partial charge in [-0.15, -0.1) is 0 Å². The van der Waals surface area contributed by atoms with E-state index in [4.69, 9.17) is 9.07 Å². The Hall–Kier alpha value is -2.94. The number of fused-ring (bicyclic) bond motifs is 3. The van der Waals surface area contributed by atoms with E-state index in [2.05, 4.69) is 26.0 Å². The number of benzene rings is 1. The lowest BCUT2D eigenvalue weighted by Gasteiger charge is -2.44. The highest BCUT2D eigenvalue weighted by Crippen LogP contribution is 2.52. The van der Waals surface area contributed by atoms with E-state index in [1.54, 1.807) is 6.07 Å². The zero-order valence-corrected chi connectivity index (χ0v) is 23.0. The molecular formula is C31H38BNO6. The van der Waals surface area contributed by atoms with Crippen molar-refractivity contribution < 1.29 is 28.8 Å². The normalized spacial score (nSPS) is 25.5. The summed E-state index contributed by atoms with van der Waals surface area (Å²) in [5, 5.41) is 20.2. The molecule has 0 saturated carbocycles. The minimum atomic E-state index is -0.986. The van der Waals surface area contributed by atoms with Crippen molar-refractivity contribution in [3.8, 4) is 0 Å². The molecule has 2 N–H and O–H groups in total. The maximum atomic E-state index is 13.5. The Balaban J connectivity index is 1.47. The Morgan fingerprint density at radius 1 is 1.13 bits per heavy atom. The Kier molecular flexibility index (Phi) is 8.26. The van der Waals surface area contributed by atoms with E-state index in [9.17, 15) is 19.7 Å². The Morgan fingerprint density at radius 2 is 1.90 bits per heavy atom. The zero-order chi connectivity index (χ0) is 27.7. The van der Waals surface area contributed by atoms with Crippen molar-refractivity contribution in [3.63, 3.8) is 0 Å². The molecule has 3 heterocycles. The first-order valence-corrected chi connectivity index (χ1v) is 14.2. The maximum absolute atomic E-state index is 13.5. The lowest BCUT2D eigenvalue weighted by molar-refractivity contribution is -0.140. The number of aliphatic hydroxyl groups is 1. The molecule has 2 saturated heterocycles. The molecule has 0 spiro atoms. The highest BCUT2D eigenvalue weighted by molar-refractivity contribution is 6.43. The van der Waals surface area contributed by atoms with Crippen molar-refractivity contribution >= 4 is 30.6 Å². The van der Waals surface area contributed by atoms with Gasteiger partial charge in [0.2, 0.25) is 11.8 Å². The van der Waals surface area contributed by atoms with Crippen LogP contribution in [0.3, 0.4) is 0 Å². The van der Waals surface area contributed by atoms with Crippen LogP contribution in [0.1, 0.15) is 63.5 Å². The number of hydrogen-bond donors (Lipinski definition) is 2. The number of allylic oxidation sites excluding steroid dienone is 2. The number of carbonyl (C=O) groups is 2. The first-order chi connectivity index (χ1) is 18.8. The van der Waals surface area contributed by atoms with Crippen molar-refractivity contribution in [1.29, 1.82) is 0 Å². The van der Waals surface area contributed by atoms with Gasteiger partial charge < -0.3 is 19.2 Å². The summed E-state index contributed by atoms with van der Waals surface area (Å²) >= 11 is 0. The Bertz CT molecular complexity index is 1260. The van der Waals surface area contributed by atoms with Crippen LogP contribution in [0.4, 0.5) is 0 Å². The summed E-state index contributed by atoms with van der Waals surface area (Å²) in [6.45, 7) is 6.54. The van der Waals surface area contributed by atoms with Crippen molar-refractivity contribution in [1.82, 2.24) is 4.90 Å². The van der Waals surface area contributed by atoms with Crippen LogP contribution in [0.25, 0.3) is 11.6 Å². The number of amides is 2. The predicted molar refractivity (Wildman–Crippen MR) is 150 cm³/mol. The molecule has 0 bridgehead atoms. The summed E-state index contributed by atoms with van der Waals surface area (Å²) < 4.78 is 11.9. The molecule has 2 amide bonds. The number of imide groups is 1. The third-order valence-electron chi connectivity index (χ3n) is 8.45. The number of carbonyl (C=O) groups excluding carboxylic acids is 2. The largest absolute Gasteiger partial charge is 0.459 e. The van der Waals surface area contributed by atoms with E-state index in [0.717, 1.165) is 23.1 Å². The minimum absolute atomic E-state index is 0.0587. The number of likely N-dealkylation sites (tertiary alicyclic amines) is 1. The topological polar surface area (TPSA) is 100 Å². The predicted octanol–water partition coefficient (Wildman–Crippen LogP) is 4.96.